The van der Waals surface area contributed by atoms with Crippen LogP contribution < -0.4 is 0 Å². The summed E-state index contributed by atoms with van der Waals surface area (Å²) in [4.78, 5) is 59.3. The van der Waals surface area contributed by atoms with E-state index in [2.05, 4.69) is 18.7 Å². The van der Waals surface area contributed by atoms with Gasteiger partial charge in [-0.1, -0.05) is 32.0 Å². The lowest BCUT2D eigenvalue weighted by atomic mass is 10.0. The predicted molar refractivity (Wildman–Crippen MR) is 134 cm³/mol. The molecule has 0 radical (unpaired) electrons. The number of likely N-dealkylation sites (tertiary alicyclic amines) is 1. The number of carbonyl (C=O) groups is 4. The molecule has 1 aromatic carbocycles. The van der Waals surface area contributed by atoms with E-state index in [0.717, 1.165) is 12.0 Å². The van der Waals surface area contributed by atoms with E-state index >= 15 is 0 Å². The van der Waals surface area contributed by atoms with E-state index in [1.165, 1.54) is 4.90 Å². The summed E-state index contributed by atoms with van der Waals surface area (Å²) >= 11 is 0. The number of fused-ring (bicyclic) bond motifs is 3. The molecule has 0 aliphatic carbocycles. The highest BCUT2D eigenvalue weighted by Gasteiger charge is 2.51. The summed E-state index contributed by atoms with van der Waals surface area (Å²) < 4.78 is 0. The highest BCUT2D eigenvalue weighted by Crippen LogP contribution is 2.43. The Kier molecular flexibility index (Phi) is 7.68. The van der Waals surface area contributed by atoms with Crippen LogP contribution >= 0.6 is 0 Å². The van der Waals surface area contributed by atoms with Gasteiger partial charge < -0.3 is 19.8 Å². The molecule has 0 aromatic heterocycles. The maximum absolute atomic E-state index is 13.7. The van der Waals surface area contributed by atoms with Gasteiger partial charge >= 0.3 is 5.97 Å². The molecule has 1 N–H and O–H groups in total. The van der Waals surface area contributed by atoms with Crippen molar-refractivity contribution in [1.29, 1.82) is 0 Å². The maximum atomic E-state index is 13.7. The summed E-state index contributed by atoms with van der Waals surface area (Å²) in [6.07, 6.45) is 2.38. The Morgan fingerprint density at radius 1 is 1.14 bits per heavy atom. The van der Waals surface area contributed by atoms with Gasteiger partial charge in [0.1, 0.15) is 18.8 Å². The molecule has 1 unspecified atom stereocenters. The van der Waals surface area contributed by atoms with Crippen molar-refractivity contribution in [3.8, 4) is 0 Å². The second-order valence-electron chi connectivity index (χ2n) is 10.6. The van der Waals surface area contributed by atoms with Gasteiger partial charge in [-0.15, -0.1) is 0 Å². The van der Waals surface area contributed by atoms with Crippen molar-refractivity contribution in [2.75, 3.05) is 26.2 Å². The molecule has 4 atom stereocenters. The molecular formula is C27H38N4O5. The smallest absolute Gasteiger partial charge is 0.323 e. The summed E-state index contributed by atoms with van der Waals surface area (Å²) in [5, 5.41) is 9.34. The van der Waals surface area contributed by atoms with Crippen LogP contribution in [0.15, 0.2) is 24.3 Å². The minimum atomic E-state index is -1.06. The molecule has 4 rings (SSSR count). The average molecular weight is 499 g/mol. The fraction of sp³-hybridized carbons (Fsp3) is 0.630. The maximum Gasteiger partial charge on any atom is 0.323 e. The van der Waals surface area contributed by atoms with Gasteiger partial charge in [-0.05, 0) is 45.6 Å². The van der Waals surface area contributed by atoms with Crippen molar-refractivity contribution in [1.82, 2.24) is 19.6 Å². The molecule has 3 heterocycles. The first kappa shape index (κ1) is 26.1. The van der Waals surface area contributed by atoms with E-state index in [-0.39, 0.29) is 55.0 Å². The van der Waals surface area contributed by atoms with Crippen molar-refractivity contribution >= 4 is 23.7 Å². The topological polar surface area (TPSA) is 101 Å². The first-order valence-corrected chi connectivity index (χ1v) is 13.1. The van der Waals surface area contributed by atoms with Crippen LogP contribution in [0.2, 0.25) is 0 Å². The first-order valence-electron chi connectivity index (χ1n) is 13.1. The molecule has 1 aromatic rings. The summed E-state index contributed by atoms with van der Waals surface area (Å²) in [5.74, 6) is -1.80. The predicted octanol–water partition coefficient (Wildman–Crippen LogP) is 2.57. The number of hydrogen-bond acceptors (Lipinski definition) is 5. The Morgan fingerprint density at radius 2 is 1.86 bits per heavy atom. The Balaban J connectivity index is 1.68. The lowest BCUT2D eigenvalue weighted by Crippen LogP contribution is -2.56. The Bertz CT molecular complexity index is 1030. The van der Waals surface area contributed by atoms with E-state index in [9.17, 15) is 24.3 Å². The van der Waals surface area contributed by atoms with Gasteiger partial charge in [-0.25, -0.2) is 0 Å². The van der Waals surface area contributed by atoms with Gasteiger partial charge in [0, 0.05) is 42.7 Å². The zero-order valence-corrected chi connectivity index (χ0v) is 21.7. The number of rotatable bonds is 8. The minimum absolute atomic E-state index is 0.0422. The molecule has 0 saturated carbocycles. The van der Waals surface area contributed by atoms with Gasteiger partial charge in [0.2, 0.25) is 11.8 Å². The van der Waals surface area contributed by atoms with Crippen molar-refractivity contribution in [2.24, 2.45) is 5.92 Å². The zero-order valence-electron chi connectivity index (χ0n) is 21.7. The molecular weight excluding hydrogens is 460 g/mol. The number of hydrogen-bond donors (Lipinski definition) is 1. The SMILES string of the molecule is CCC(C)C(=O)N(C[C@@H]1CN(C(C)C)[C@H]2c3ccccc3C(=O)N12)[C@H]1CCCCN(CC(=O)O)C1=O. The van der Waals surface area contributed by atoms with E-state index < -0.39 is 12.0 Å². The fourth-order valence-electron chi connectivity index (χ4n) is 5.84. The summed E-state index contributed by atoms with van der Waals surface area (Å²) in [6.45, 7) is 8.87. The lowest BCUT2D eigenvalue weighted by molar-refractivity contribution is -0.151. The Labute approximate surface area is 213 Å². The molecule has 0 bridgehead atoms. The number of carboxylic acids is 1. The number of carbonyl (C=O) groups excluding carboxylic acids is 3. The zero-order chi connectivity index (χ0) is 26.1. The molecule has 3 aliphatic heterocycles. The van der Waals surface area contributed by atoms with Gasteiger partial charge in [-0.2, -0.15) is 0 Å². The first-order chi connectivity index (χ1) is 17.1. The molecule has 2 saturated heterocycles. The van der Waals surface area contributed by atoms with Crippen molar-refractivity contribution in [3.05, 3.63) is 35.4 Å². The fourth-order valence-corrected chi connectivity index (χ4v) is 5.84. The van der Waals surface area contributed by atoms with Crippen LogP contribution in [0.5, 0.6) is 0 Å². The van der Waals surface area contributed by atoms with Crippen LogP contribution in [-0.4, -0.2) is 92.7 Å². The van der Waals surface area contributed by atoms with Gasteiger partial charge in [0.25, 0.3) is 5.91 Å². The van der Waals surface area contributed by atoms with Crippen LogP contribution in [0.25, 0.3) is 0 Å². The Hall–Kier alpha value is -2.94. The molecule has 3 aliphatic rings. The monoisotopic (exact) mass is 498 g/mol. The van der Waals surface area contributed by atoms with Gasteiger partial charge in [0.15, 0.2) is 0 Å². The quantitative estimate of drug-likeness (QED) is 0.591. The molecule has 9 heteroatoms. The molecule has 36 heavy (non-hydrogen) atoms. The van der Waals surface area contributed by atoms with Gasteiger partial charge in [0.05, 0.1) is 6.04 Å². The largest absolute Gasteiger partial charge is 0.480 e. The number of nitrogens with zero attached hydrogens (tertiary/aromatic N) is 4. The van der Waals surface area contributed by atoms with E-state index in [1.807, 2.05) is 43.0 Å². The molecule has 0 spiro atoms. The number of amides is 3. The highest BCUT2D eigenvalue weighted by molar-refractivity contribution is 5.99. The van der Waals surface area contributed by atoms with E-state index in [1.54, 1.807) is 4.90 Å². The van der Waals surface area contributed by atoms with Crippen molar-refractivity contribution < 1.29 is 24.3 Å². The molecule has 196 valence electrons. The normalized spacial score (nSPS) is 25.1. The third kappa shape index (κ3) is 4.73. The van der Waals surface area contributed by atoms with Crippen LogP contribution in [0, 0.1) is 5.92 Å². The van der Waals surface area contributed by atoms with Crippen molar-refractivity contribution in [2.45, 2.75) is 77.7 Å². The average Bonchev–Trinajstić information content (AvgIpc) is 3.30. The standard InChI is InChI=1S/C27H38N4O5/c1-5-18(4)25(34)30(22-12-8-9-13-28(27(22)36)16-23(32)33)15-19-14-29(17(2)3)24-20-10-6-7-11-21(20)26(35)31(19)24/h6-7,10-11,17-19,22,24H,5,8-9,12-16H2,1-4H3,(H,32,33)/t18?,19-,22-,24+/m0/s1. The van der Waals surface area contributed by atoms with Gasteiger partial charge in [-0.3, -0.25) is 24.1 Å². The second kappa shape index (κ2) is 10.6. The second-order valence-corrected chi connectivity index (χ2v) is 10.6. The highest BCUT2D eigenvalue weighted by atomic mass is 16.4. The molecule has 9 nitrogen and oxygen atoms in total. The van der Waals surface area contributed by atoms with E-state index in [4.69, 9.17) is 0 Å². The van der Waals surface area contributed by atoms with E-state index in [0.29, 0.717) is 37.9 Å². The third-order valence-corrected chi connectivity index (χ3v) is 7.94. The molecule has 2 fully saturated rings. The summed E-state index contributed by atoms with van der Waals surface area (Å²) in [5.41, 5.74) is 1.67. The number of carboxylic acid groups (broad SMARTS) is 1. The van der Waals surface area contributed by atoms with Crippen molar-refractivity contribution in [3.63, 3.8) is 0 Å². The minimum Gasteiger partial charge on any atom is -0.480 e. The number of aliphatic carboxylic acids is 1. The lowest BCUT2D eigenvalue weighted by Gasteiger charge is -2.37. The third-order valence-electron chi connectivity index (χ3n) is 7.94. The van der Waals surface area contributed by atoms with Crippen LogP contribution in [0.4, 0.5) is 0 Å². The van der Waals surface area contributed by atoms with Crippen LogP contribution in [0.3, 0.4) is 0 Å². The van der Waals surface area contributed by atoms with Crippen LogP contribution in [0.1, 0.15) is 75.5 Å². The van der Waals surface area contributed by atoms with Crippen LogP contribution in [-0.2, 0) is 14.4 Å². The Morgan fingerprint density at radius 3 is 2.53 bits per heavy atom. The summed E-state index contributed by atoms with van der Waals surface area (Å²) in [6, 6.07) is 6.86. The molecule has 3 amide bonds. The summed E-state index contributed by atoms with van der Waals surface area (Å²) in [7, 11) is 0. The number of benzene rings is 1.